The molecule has 0 aliphatic heterocycles. The highest BCUT2D eigenvalue weighted by Gasteiger charge is 2.28. The SMILES string of the molecule is CCC(OC(=O)[C@H](C)NS(=O)(=O)c1ccc(Cl)cc1)C(=O)Nc1cc(C)on1. The minimum Gasteiger partial charge on any atom is -0.451 e. The minimum atomic E-state index is -3.96. The van der Waals surface area contributed by atoms with Gasteiger partial charge in [0.05, 0.1) is 4.90 Å². The van der Waals surface area contributed by atoms with E-state index < -0.39 is 34.0 Å². The summed E-state index contributed by atoms with van der Waals surface area (Å²) in [7, 11) is -3.96. The topological polar surface area (TPSA) is 128 Å². The zero-order chi connectivity index (χ0) is 20.9. The number of aryl methyl sites for hydroxylation is 1. The number of carbonyl (C=O) groups excluding carboxylic acids is 2. The lowest BCUT2D eigenvalue weighted by molar-refractivity contribution is -0.155. The fraction of sp³-hybridized carbons (Fsp3) is 0.353. The van der Waals surface area contributed by atoms with Crippen LogP contribution in [-0.2, 0) is 24.3 Å². The van der Waals surface area contributed by atoms with Gasteiger partial charge in [-0.15, -0.1) is 0 Å². The van der Waals surface area contributed by atoms with Crippen LogP contribution in [0.3, 0.4) is 0 Å². The zero-order valence-electron chi connectivity index (χ0n) is 15.4. The Morgan fingerprint density at radius 2 is 1.93 bits per heavy atom. The fourth-order valence-electron chi connectivity index (χ4n) is 2.16. The lowest BCUT2D eigenvalue weighted by atomic mass is 10.2. The van der Waals surface area contributed by atoms with Gasteiger partial charge >= 0.3 is 5.97 Å². The molecule has 0 saturated carbocycles. The van der Waals surface area contributed by atoms with E-state index in [9.17, 15) is 18.0 Å². The Balaban J connectivity index is 1.99. The van der Waals surface area contributed by atoms with Crippen LogP contribution >= 0.6 is 11.6 Å². The molecule has 2 rings (SSSR count). The molecule has 1 heterocycles. The first-order chi connectivity index (χ1) is 13.1. The third-order valence-electron chi connectivity index (χ3n) is 3.61. The number of anilines is 1. The van der Waals surface area contributed by atoms with Crippen LogP contribution in [0.25, 0.3) is 0 Å². The van der Waals surface area contributed by atoms with E-state index in [-0.39, 0.29) is 17.1 Å². The van der Waals surface area contributed by atoms with Crippen molar-refractivity contribution in [2.75, 3.05) is 5.32 Å². The van der Waals surface area contributed by atoms with Gasteiger partial charge in [0.2, 0.25) is 10.0 Å². The molecule has 2 aromatic rings. The third kappa shape index (κ3) is 5.78. The fourth-order valence-corrected chi connectivity index (χ4v) is 3.48. The molecule has 152 valence electrons. The van der Waals surface area contributed by atoms with Gasteiger partial charge < -0.3 is 14.6 Å². The number of carbonyl (C=O) groups is 2. The summed E-state index contributed by atoms with van der Waals surface area (Å²) in [5.74, 6) is -0.799. The number of esters is 1. The van der Waals surface area contributed by atoms with Crippen LogP contribution in [0.1, 0.15) is 26.0 Å². The summed E-state index contributed by atoms with van der Waals surface area (Å²) in [4.78, 5) is 24.4. The standard InChI is InChI=1S/C17H20ClN3O6S/c1-4-14(16(22)19-15-9-10(2)27-20-15)26-17(23)11(3)21-28(24,25)13-7-5-12(18)6-8-13/h5-9,11,14,21H,4H2,1-3H3,(H,19,20,22)/t11-,14?/m0/s1. The summed E-state index contributed by atoms with van der Waals surface area (Å²) in [6, 6.07) is 5.76. The van der Waals surface area contributed by atoms with E-state index in [2.05, 4.69) is 15.2 Å². The largest absolute Gasteiger partial charge is 0.451 e. The zero-order valence-corrected chi connectivity index (χ0v) is 17.0. The Morgan fingerprint density at radius 3 is 2.46 bits per heavy atom. The van der Waals surface area contributed by atoms with Gasteiger partial charge in [0.25, 0.3) is 5.91 Å². The number of amides is 1. The van der Waals surface area contributed by atoms with Gasteiger partial charge in [-0.3, -0.25) is 9.59 Å². The maximum absolute atomic E-state index is 12.3. The Hall–Kier alpha value is -2.43. The summed E-state index contributed by atoms with van der Waals surface area (Å²) in [5, 5.41) is 6.47. The number of nitrogens with zero attached hydrogens (tertiary/aromatic N) is 1. The molecule has 11 heteroatoms. The van der Waals surface area contributed by atoms with Crippen LogP contribution in [0, 0.1) is 6.92 Å². The molecule has 1 amide bonds. The van der Waals surface area contributed by atoms with E-state index in [1.165, 1.54) is 37.3 Å². The molecule has 2 atom stereocenters. The molecule has 0 aliphatic carbocycles. The Kier molecular flexibility index (Phi) is 7.17. The van der Waals surface area contributed by atoms with Crippen molar-refractivity contribution >= 4 is 39.3 Å². The molecule has 0 bridgehead atoms. The lowest BCUT2D eigenvalue weighted by Crippen LogP contribution is -2.42. The molecule has 9 nitrogen and oxygen atoms in total. The number of sulfonamides is 1. The molecule has 0 fully saturated rings. The molecule has 1 aromatic carbocycles. The van der Waals surface area contributed by atoms with E-state index in [1.807, 2.05) is 0 Å². The molecule has 2 N–H and O–H groups in total. The molecular weight excluding hydrogens is 410 g/mol. The maximum atomic E-state index is 12.3. The second-order valence-corrected chi connectivity index (χ2v) is 8.09. The van der Waals surface area contributed by atoms with Crippen molar-refractivity contribution in [1.29, 1.82) is 0 Å². The summed E-state index contributed by atoms with van der Waals surface area (Å²) >= 11 is 5.74. The lowest BCUT2D eigenvalue weighted by Gasteiger charge is -2.19. The quantitative estimate of drug-likeness (QED) is 0.616. The van der Waals surface area contributed by atoms with Crippen LogP contribution in [0.5, 0.6) is 0 Å². The number of rotatable bonds is 8. The second kappa shape index (κ2) is 9.18. The van der Waals surface area contributed by atoms with Gasteiger partial charge in [-0.1, -0.05) is 23.7 Å². The van der Waals surface area contributed by atoms with Crippen molar-refractivity contribution in [3.8, 4) is 0 Å². The van der Waals surface area contributed by atoms with Crippen molar-refractivity contribution in [3.63, 3.8) is 0 Å². The number of benzene rings is 1. The van der Waals surface area contributed by atoms with Crippen LogP contribution in [-0.4, -0.2) is 37.6 Å². The number of halogens is 1. The number of hydrogen-bond acceptors (Lipinski definition) is 7. The summed E-state index contributed by atoms with van der Waals surface area (Å²) in [5.41, 5.74) is 0. The number of nitrogens with one attached hydrogen (secondary N) is 2. The third-order valence-corrected chi connectivity index (χ3v) is 5.42. The van der Waals surface area contributed by atoms with Crippen molar-refractivity contribution in [2.45, 2.75) is 44.2 Å². The average Bonchev–Trinajstić information content (AvgIpc) is 3.03. The molecule has 1 aromatic heterocycles. The number of hydrogen-bond donors (Lipinski definition) is 2. The highest BCUT2D eigenvalue weighted by molar-refractivity contribution is 7.89. The highest BCUT2D eigenvalue weighted by Crippen LogP contribution is 2.15. The number of aromatic nitrogens is 1. The molecule has 0 spiro atoms. The van der Waals surface area contributed by atoms with Crippen LogP contribution in [0.2, 0.25) is 5.02 Å². The average molecular weight is 430 g/mol. The first kappa shape index (κ1) is 21.9. The van der Waals surface area contributed by atoms with Gasteiger partial charge in [-0.2, -0.15) is 4.72 Å². The smallest absolute Gasteiger partial charge is 0.324 e. The Morgan fingerprint density at radius 1 is 1.29 bits per heavy atom. The molecular formula is C17H20ClN3O6S. The predicted molar refractivity (Wildman–Crippen MR) is 101 cm³/mol. The van der Waals surface area contributed by atoms with Gasteiger partial charge in [-0.05, 0) is 44.5 Å². The first-order valence-electron chi connectivity index (χ1n) is 8.35. The van der Waals surface area contributed by atoms with E-state index in [4.69, 9.17) is 20.9 Å². The van der Waals surface area contributed by atoms with Crippen molar-refractivity contribution < 1.29 is 27.3 Å². The van der Waals surface area contributed by atoms with Gasteiger partial charge in [0.1, 0.15) is 11.8 Å². The van der Waals surface area contributed by atoms with Crippen LogP contribution in [0.15, 0.2) is 39.8 Å². The summed E-state index contributed by atoms with van der Waals surface area (Å²) < 4.78 is 36.9. The van der Waals surface area contributed by atoms with Gasteiger partial charge in [0.15, 0.2) is 11.9 Å². The molecule has 28 heavy (non-hydrogen) atoms. The Bertz CT molecular complexity index is 942. The van der Waals surface area contributed by atoms with Crippen molar-refractivity contribution in [3.05, 3.63) is 41.1 Å². The summed E-state index contributed by atoms with van der Waals surface area (Å²) in [6.45, 7) is 4.63. The van der Waals surface area contributed by atoms with E-state index in [1.54, 1.807) is 13.8 Å². The predicted octanol–water partition coefficient (Wildman–Crippen LogP) is 2.26. The monoisotopic (exact) mass is 429 g/mol. The highest BCUT2D eigenvalue weighted by atomic mass is 35.5. The summed E-state index contributed by atoms with van der Waals surface area (Å²) in [6.07, 6.45) is -0.933. The van der Waals surface area contributed by atoms with Gasteiger partial charge in [-0.25, -0.2) is 8.42 Å². The minimum absolute atomic E-state index is 0.0530. The van der Waals surface area contributed by atoms with E-state index in [0.29, 0.717) is 10.8 Å². The molecule has 1 unspecified atom stereocenters. The maximum Gasteiger partial charge on any atom is 0.324 e. The molecule has 0 radical (unpaired) electrons. The van der Waals surface area contributed by atoms with Crippen molar-refractivity contribution in [1.82, 2.24) is 9.88 Å². The molecule has 0 aliphatic rings. The first-order valence-corrected chi connectivity index (χ1v) is 10.2. The second-order valence-electron chi connectivity index (χ2n) is 5.94. The molecule has 0 saturated heterocycles. The normalized spacial score (nSPS) is 13.6. The Labute approximate surface area is 167 Å². The van der Waals surface area contributed by atoms with E-state index in [0.717, 1.165) is 0 Å². The van der Waals surface area contributed by atoms with Crippen LogP contribution in [0.4, 0.5) is 5.82 Å². The van der Waals surface area contributed by atoms with E-state index >= 15 is 0 Å². The van der Waals surface area contributed by atoms with Crippen molar-refractivity contribution in [2.24, 2.45) is 0 Å². The van der Waals surface area contributed by atoms with Gasteiger partial charge in [0, 0.05) is 11.1 Å². The van der Waals surface area contributed by atoms with Crippen LogP contribution < -0.4 is 10.0 Å². The number of ether oxygens (including phenoxy) is 1.